The van der Waals surface area contributed by atoms with Crippen molar-refractivity contribution in [2.45, 2.75) is 6.42 Å². The summed E-state index contributed by atoms with van der Waals surface area (Å²) in [4.78, 5) is 25.2. The molecule has 24 heavy (non-hydrogen) atoms. The Morgan fingerprint density at radius 2 is 1.62 bits per heavy atom. The van der Waals surface area contributed by atoms with Crippen molar-refractivity contribution in [1.29, 1.82) is 0 Å². The number of hydrogen-bond acceptors (Lipinski definition) is 4. The average molecular weight is 324 g/mol. The van der Waals surface area contributed by atoms with Crippen LogP contribution in [0.5, 0.6) is 0 Å². The molecule has 2 rings (SSSR count). The van der Waals surface area contributed by atoms with Crippen LogP contribution in [0.1, 0.15) is 12.0 Å². The van der Waals surface area contributed by atoms with Gasteiger partial charge >= 0.3 is 11.9 Å². The highest BCUT2D eigenvalue weighted by Gasteiger charge is 2.47. The quantitative estimate of drug-likeness (QED) is 0.438. The molecular weight excluding hydrogens is 304 g/mol. The van der Waals surface area contributed by atoms with E-state index in [1.165, 1.54) is 12.2 Å². The second-order valence-corrected chi connectivity index (χ2v) is 5.32. The smallest absolute Gasteiger partial charge is 0.328 e. The Labute approximate surface area is 141 Å². The van der Waals surface area contributed by atoms with Gasteiger partial charge in [-0.2, -0.15) is 0 Å². The maximum Gasteiger partial charge on any atom is 0.328 e. The van der Waals surface area contributed by atoms with Gasteiger partial charge in [-0.1, -0.05) is 67.8 Å². The standard InChI is InChI=1S/C20H20O4/c1-3-13-23-18(21)20(19(22)24-14-4-2)12-8-11-17(15-20)16-9-6-5-7-10-16/h3-11,15H,1-2,12-14H2. The van der Waals surface area contributed by atoms with Crippen molar-refractivity contribution < 1.29 is 19.1 Å². The van der Waals surface area contributed by atoms with E-state index < -0.39 is 17.4 Å². The molecule has 0 N–H and O–H groups in total. The van der Waals surface area contributed by atoms with Crippen molar-refractivity contribution in [2.75, 3.05) is 13.2 Å². The molecule has 0 radical (unpaired) electrons. The van der Waals surface area contributed by atoms with Gasteiger partial charge < -0.3 is 9.47 Å². The van der Waals surface area contributed by atoms with Crippen LogP contribution < -0.4 is 0 Å². The van der Waals surface area contributed by atoms with Crippen LogP contribution in [0, 0.1) is 5.41 Å². The van der Waals surface area contributed by atoms with Crippen molar-refractivity contribution >= 4 is 17.5 Å². The Kier molecular flexibility index (Phi) is 5.90. The Balaban J connectivity index is 2.41. The SMILES string of the molecule is C=CCOC(=O)C1(C(=O)OCC=C)C=C(c2ccccc2)C=CC1. The highest BCUT2D eigenvalue weighted by Crippen LogP contribution is 2.36. The van der Waals surface area contributed by atoms with E-state index in [0.29, 0.717) is 0 Å². The molecule has 1 aromatic rings. The number of carbonyl (C=O) groups is 2. The summed E-state index contributed by atoms with van der Waals surface area (Å²) in [6.45, 7) is 7.11. The molecule has 124 valence electrons. The van der Waals surface area contributed by atoms with E-state index >= 15 is 0 Å². The zero-order valence-corrected chi connectivity index (χ0v) is 13.4. The first kappa shape index (κ1) is 17.5. The minimum Gasteiger partial charge on any atom is -0.460 e. The fourth-order valence-corrected chi connectivity index (χ4v) is 2.45. The summed E-state index contributed by atoms with van der Waals surface area (Å²) in [5.41, 5.74) is 0.185. The van der Waals surface area contributed by atoms with Gasteiger partial charge in [0.2, 0.25) is 0 Å². The van der Waals surface area contributed by atoms with Crippen molar-refractivity contribution in [1.82, 2.24) is 0 Å². The van der Waals surface area contributed by atoms with Crippen LogP contribution in [0.4, 0.5) is 0 Å². The van der Waals surface area contributed by atoms with Gasteiger partial charge in [0.1, 0.15) is 13.2 Å². The second-order valence-electron chi connectivity index (χ2n) is 5.32. The summed E-state index contributed by atoms with van der Waals surface area (Å²) >= 11 is 0. The first-order chi connectivity index (χ1) is 11.6. The molecule has 0 amide bonds. The van der Waals surface area contributed by atoms with E-state index in [9.17, 15) is 9.59 Å². The Hall–Kier alpha value is -2.88. The zero-order valence-electron chi connectivity index (χ0n) is 13.4. The zero-order chi connectivity index (χ0) is 17.4. The van der Waals surface area contributed by atoms with Gasteiger partial charge in [-0.25, -0.2) is 0 Å². The molecule has 0 aliphatic heterocycles. The first-order valence-corrected chi connectivity index (χ1v) is 7.65. The van der Waals surface area contributed by atoms with Gasteiger partial charge in [-0.15, -0.1) is 0 Å². The lowest BCUT2D eigenvalue weighted by Crippen LogP contribution is -2.41. The molecule has 0 bridgehead atoms. The van der Waals surface area contributed by atoms with Crippen LogP contribution in [-0.4, -0.2) is 25.2 Å². The molecule has 0 atom stereocenters. The number of benzene rings is 1. The highest BCUT2D eigenvalue weighted by atomic mass is 16.6. The van der Waals surface area contributed by atoms with Crippen LogP contribution in [0.25, 0.3) is 5.57 Å². The molecule has 0 saturated heterocycles. The van der Waals surface area contributed by atoms with Crippen molar-refractivity contribution in [2.24, 2.45) is 5.41 Å². The maximum absolute atomic E-state index is 12.6. The summed E-state index contributed by atoms with van der Waals surface area (Å²) < 4.78 is 10.3. The van der Waals surface area contributed by atoms with Crippen LogP contribution in [0.3, 0.4) is 0 Å². The summed E-state index contributed by atoms with van der Waals surface area (Å²) in [6, 6.07) is 9.52. The number of hydrogen-bond donors (Lipinski definition) is 0. The molecule has 0 fully saturated rings. The average Bonchev–Trinajstić information content (AvgIpc) is 2.64. The largest absolute Gasteiger partial charge is 0.460 e. The normalized spacial score (nSPS) is 15.1. The lowest BCUT2D eigenvalue weighted by atomic mass is 9.78. The minimum atomic E-state index is -1.49. The van der Waals surface area contributed by atoms with Gasteiger partial charge in [-0.3, -0.25) is 9.59 Å². The van der Waals surface area contributed by atoms with Crippen molar-refractivity contribution in [3.63, 3.8) is 0 Å². The number of carbonyl (C=O) groups excluding carboxylic acids is 2. The third kappa shape index (κ3) is 3.71. The van der Waals surface area contributed by atoms with Crippen molar-refractivity contribution in [3.05, 3.63) is 79.4 Å². The predicted octanol–water partition coefficient (Wildman–Crippen LogP) is 3.47. The molecule has 0 spiro atoms. The van der Waals surface area contributed by atoms with Gasteiger partial charge in [0.25, 0.3) is 0 Å². The summed E-state index contributed by atoms with van der Waals surface area (Å²) in [5.74, 6) is -1.29. The fraction of sp³-hybridized carbons (Fsp3) is 0.200. The Morgan fingerprint density at radius 3 is 2.17 bits per heavy atom. The Morgan fingerprint density at radius 1 is 1.04 bits per heavy atom. The predicted molar refractivity (Wildman–Crippen MR) is 92.9 cm³/mol. The molecule has 0 unspecified atom stereocenters. The van der Waals surface area contributed by atoms with E-state index in [2.05, 4.69) is 13.2 Å². The molecule has 1 aromatic carbocycles. The topological polar surface area (TPSA) is 52.6 Å². The van der Waals surface area contributed by atoms with Gasteiger partial charge in [-0.05, 0) is 23.6 Å². The number of rotatable bonds is 7. The van der Waals surface area contributed by atoms with Gasteiger partial charge in [0, 0.05) is 0 Å². The van der Waals surface area contributed by atoms with E-state index in [0.717, 1.165) is 11.1 Å². The van der Waals surface area contributed by atoms with Crippen LogP contribution in [0.15, 0.2) is 73.9 Å². The first-order valence-electron chi connectivity index (χ1n) is 7.65. The third-order valence-corrected chi connectivity index (χ3v) is 3.64. The summed E-state index contributed by atoms with van der Waals surface area (Å²) in [5, 5.41) is 0. The minimum absolute atomic E-state index is 0.0353. The molecule has 4 heteroatoms. The molecule has 1 aliphatic rings. The molecule has 0 saturated carbocycles. The van der Waals surface area contributed by atoms with Crippen LogP contribution >= 0.6 is 0 Å². The monoisotopic (exact) mass is 324 g/mol. The number of ether oxygens (including phenoxy) is 2. The second kappa shape index (κ2) is 8.11. The van der Waals surface area contributed by atoms with Gasteiger partial charge in [0.15, 0.2) is 5.41 Å². The van der Waals surface area contributed by atoms with Gasteiger partial charge in [0.05, 0.1) is 0 Å². The fourth-order valence-electron chi connectivity index (χ4n) is 2.45. The van der Waals surface area contributed by atoms with Crippen LogP contribution in [-0.2, 0) is 19.1 Å². The van der Waals surface area contributed by atoms with Crippen LogP contribution in [0.2, 0.25) is 0 Å². The van der Waals surface area contributed by atoms with E-state index in [4.69, 9.17) is 9.47 Å². The third-order valence-electron chi connectivity index (χ3n) is 3.64. The molecule has 1 aliphatic carbocycles. The summed E-state index contributed by atoms with van der Waals surface area (Å²) in [7, 11) is 0. The van der Waals surface area contributed by atoms with E-state index in [1.54, 1.807) is 12.2 Å². The lowest BCUT2D eigenvalue weighted by molar-refractivity contribution is -0.167. The number of esters is 2. The molecule has 0 aromatic heterocycles. The van der Waals surface area contributed by atoms with Crippen molar-refractivity contribution in [3.8, 4) is 0 Å². The maximum atomic E-state index is 12.6. The van der Waals surface area contributed by atoms with E-state index in [1.807, 2.05) is 36.4 Å². The highest BCUT2D eigenvalue weighted by molar-refractivity contribution is 6.05. The molecule has 0 heterocycles. The number of allylic oxidation sites excluding steroid dienone is 3. The molecule has 4 nitrogen and oxygen atoms in total. The molecular formula is C20H20O4. The lowest BCUT2D eigenvalue weighted by Gasteiger charge is -2.28. The Bertz CT molecular complexity index is 659. The van der Waals surface area contributed by atoms with E-state index in [-0.39, 0.29) is 19.6 Å². The summed E-state index contributed by atoms with van der Waals surface area (Å²) in [6.07, 6.45) is 8.40.